The van der Waals surface area contributed by atoms with E-state index in [0.717, 1.165) is 0 Å². The van der Waals surface area contributed by atoms with Crippen LogP contribution >= 0.6 is 7.92 Å². The zero-order valence-corrected chi connectivity index (χ0v) is 16.5. The highest BCUT2D eigenvalue weighted by molar-refractivity contribution is 7.59. The topological polar surface area (TPSA) is 0 Å². The molecule has 0 radical (unpaired) electrons. The van der Waals surface area contributed by atoms with E-state index in [-0.39, 0.29) is 7.92 Å². The second-order valence-corrected chi connectivity index (χ2v) is 10.3. The summed E-state index contributed by atoms with van der Waals surface area (Å²) in [5.74, 6) is 0. The molecule has 3 atom stereocenters. The van der Waals surface area contributed by atoms with Gasteiger partial charge < -0.3 is 0 Å². The van der Waals surface area contributed by atoms with E-state index < -0.39 is 0 Å². The maximum Gasteiger partial charge on any atom is 0.0247 e. The fraction of sp³-hybridized carbons (Fsp3) is 0.111. The van der Waals surface area contributed by atoms with Crippen molar-refractivity contribution >= 4 is 26.1 Å². The molecule has 0 aromatic heterocycles. The van der Waals surface area contributed by atoms with E-state index in [1.54, 1.807) is 0 Å². The highest BCUT2D eigenvalue weighted by Gasteiger charge is 2.40. The van der Waals surface area contributed by atoms with Crippen LogP contribution < -0.4 is 0 Å². The van der Waals surface area contributed by atoms with E-state index in [2.05, 4.69) is 109 Å². The van der Waals surface area contributed by atoms with Crippen LogP contribution in [0.5, 0.6) is 0 Å². The third kappa shape index (κ3) is 2.42. The predicted molar refractivity (Wildman–Crippen MR) is 122 cm³/mol. The Morgan fingerprint density at radius 3 is 1.11 bits per heavy atom. The second-order valence-electron chi connectivity index (χ2n) is 7.75. The van der Waals surface area contributed by atoms with Crippen LogP contribution in [-0.2, 0) is 0 Å². The SMILES string of the molecule is C1=CC(P(C2C=Cc3ccccc32)C2C=Cc3ccccc32)c2ccccc21. The third-order valence-electron chi connectivity index (χ3n) is 6.28. The maximum atomic E-state index is 2.47. The zero-order chi connectivity index (χ0) is 18.5. The van der Waals surface area contributed by atoms with Crippen LogP contribution in [0.25, 0.3) is 18.2 Å². The van der Waals surface area contributed by atoms with Gasteiger partial charge in [0.1, 0.15) is 0 Å². The molecule has 0 aliphatic heterocycles. The van der Waals surface area contributed by atoms with Crippen LogP contribution in [0.4, 0.5) is 0 Å². The molecule has 0 spiro atoms. The highest BCUT2D eigenvalue weighted by atomic mass is 31.1. The molecule has 3 aromatic carbocycles. The van der Waals surface area contributed by atoms with E-state index in [1.165, 1.54) is 33.4 Å². The molecule has 6 rings (SSSR count). The molecule has 0 saturated carbocycles. The lowest BCUT2D eigenvalue weighted by Gasteiger charge is -2.35. The average Bonchev–Trinajstić information content (AvgIpc) is 3.47. The Morgan fingerprint density at radius 1 is 0.429 bits per heavy atom. The first-order chi connectivity index (χ1) is 13.9. The Labute approximate surface area is 167 Å². The van der Waals surface area contributed by atoms with Gasteiger partial charge in [-0.2, -0.15) is 0 Å². The molecular weight excluding hydrogens is 355 g/mol. The molecule has 1 heteroatoms. The molecule has 0 heterocycles. The van der Waals surface area contributed by atoms with Crippen molar-refractivity contribution < 1.29 is 0 Å². The van der Waals surface area contributed by atoms with Gasteiger partial charge in [0.25, 0.3) is 0 Å². The summed E-state index contributed by atoms with van der Waals surface area (Å²) in [6.45, 7) is 0. The monoisotopic (exact) mass is 376 g/mol. The van der Waals surface area contributed by atoms with Crippen molar-refractivity contribution in [2.24, 2.45) is 0 Å². The first-order valence-electron chi connectivity index (χ1n) is 9.99. The molecule has 3 aromatic rings. The molecule has 3 unspecified atom stereocenters. The third-order valence-corrected chi connectivity index (χ3v) is 9.56. The number of hydrogen-bond donors (Lipinski definition) is 0. The fourth-order valence-electron chi connectivity index (χ4n) is 4.99. The minimum Gasteiger partial charge on any atom is -0.0721 e. The summed E-state index contributed by atoms with van der Waals surface area (Å²) >= 11 is 0. The lowest BCUT2D eigenvalue weighted by atomic mass is 10.1. The summed E-state index contributed by atoms with van der Waals surface area (Å²) in [5, 5.41) is 0. The molecule has 0 nitrogen and oxygen atoms in total. The first-order valence-corrected chi connectivity index (χ1v) is 11.5. The smallest absolute Gasteiger partial charge is 0.0247 e. The summed E-state index contributed by atoms with van der Waals surface area (Å²) in [6, 6.07) is 26.9. The molecule has 0 fully saturated rings. The number of benzene rings is 3. The fourth-order valence-corrected chi connectivity index (χ4v) is 8.55. The van der Waals surface area contributed by atoms with Gasteiger partial charge in [-0.25, -0.2) is 0 Å². The quantitative estimate of drug-likeness (QED) is 0.410. The molecule has 0 bridgehead atoms. The van der Waals surface area contributed by atoms with Gasteiger partial charge in [0.15, 0.2) is 0 Å². The van der Waals surface area contributed by atoms with Crippen LogP contribution in [0, 0.1) is 0 Å². The van der Waals surface area contributed by atoms with Crippen LogP contribution in [0.15, 0.2) is 91.0 Å². The molecule has 134 valence electrons. The molecule has 3 aliphatic rings. The van der Waals surface area contributed by atoms with Gasteiger partial charge in [0.05, 0.1) is 0 Å². The summed E-state index contributed by atoms with van der Waals surface area (Å²) in [5.41, 5.74) is 10.2. The number of rotatable bonds is 3. The molecule has 0 amide bonds. The molecule has 3 aliphatic carbocycles. The van der Waals surface area contributed by atoms with Crippen LogP contribution in [0.1, 0.15) is 50.4 Å². The Morgan fingerprint density at radius 2 is 0.750 bits per heavy atom. The normalized spacial score (nSPS) is 24.2. The van der Waals surface area contributed by atoms with Crippen molar-refractivity contribution in [3.05, 3.63) is 124 Å². The number of fused-ring (bicyclic) bond motifs is 3. The Bertz CT molecular complexity index is 1000. The predicted octanol–water partition coefficient (Wildman–Crippen LogP) is 7.77. The summed E-state index contributed by atoms with van der Waals surface area (Å²) < 4.78 is 0. The van der Waals surface area contributed by atoms with Crippen LogP contribution in [-0.4, -0.2) is 0 Å². The number of allylic oxidation sites excluding steroid dienone is 3. The van der Waals surface area contributed by atoms with Crippen molar-refractivity contribution in [1.82, 2.24) is 0 Å². The summed E-state index contributed by atoms with van der Waals surface area (Å²) in [7, 11) is -0.384. The standard InChI is InChI=1S/C27H21P/c1-4-10-22-19(7-1)13-16-25(22)28(26-17-14-20-8-2-5-11-23(20)26)27-18-15-21-9-3-6-12-24(21)27/h1-18,25-27H. The van der Waals surface area contributed by atoms with Crippen molar-refractivity contribution in [3.63, 3.8) is 0 Å². The van der Waals surface area contributed by atoms with E-state index in [4.69, 9.17) is 0 Å². The minimum absolute atomic E-state index is 0.384. The van der Waals surface area contributed by atoms with Crippen molar-refractivity contribution in [1.29, 1.82) is 0 Å². The van der Waals surface area contributed by atoms with E-state index in [0.29, 0.717) is 17.0 Å². The van der Waals surface area contributed by atoms with Gasteiger partial charge in [-0.15, -0.1) is 0 Å². The minimum atomic E-state index is -0.384. The van der Waals surface area contributed by atoms with Gasteiger partial charge in [0, 0.05) is 17.0 Å². The van der Waals surface area contributed by atoms with Gasteiger partial charge in [-0.1, -0.05) is 117 Å². The van der Waals surface area contributed by atoms with Crippen molar-refractivity contribution in [2.75, 3.05) is 0 Å². The van der Waals surface area contributed by atoms with Crippen molar-refractivity contribution in [2.45, 2.75) is 17.0 Å². The molecule has 28 heavy (non-hydrogen) atoms. The van der Waals surface area contributed by atoms with Crippen LogP contribution in [0.3, 0.4) is 0 Å². The Balaban J connectivity index is 1.51. The van der Waals surface area contributed by atoms with Crippen molar-refractivity contribution in [3.8, 4) is 0 Å². The van der Waals surface area contributed by atoms with Gasteiger partial charge in [0.2, 0.25) is 0 Å². The van der Waals surface area contributed by atoms with Gasteiger partial charge >= 0.3 is 0 Å². The average molecular weight is 376 g/mol. The largest absolute Gasteiger partial charge is 0.0721 e. The zero-order valence-electron chi connectivity index (χ0n) is 15.6. The van der Waals surface area contributed by atoms with E-state index in [9.17, 15) is 0 Å². The summed E-state index contributed by atoms with van der Waals surface area (Å²) in [4.78, 5) is 0. The molecule has 0 N–H and O–H groups in total. The Hall–Kier alpha value is -2.69. The second kappa shape index (κ2) is 6.43. The lowest BCUT2D eigenvalue weighted by molar-refractivity contribution is 1.08. The maximum absolute atomic E-state index is 2.47. The highest BCUT2D eigenvalue weighted by Crippen LogP contribution is 2.74. The van der Waals surface area contributed by atoms with Gasteiger partial charge in [-0.05, 0) is 33.4 Å². The first kappa shape index (κ1) is 16.3. The Kier molecular flexibility index (Phi) is 3.74. The van der Waals surface area contributed by atoms with E-state index in [1.807, 2.05) is 0 Å². The van der Waals surface area contributed by atoms with Gasteiger partial charge in [-0.3, -0.25) is 0 Å². The lowest BCUT2D eigenvalue weighted by Crippen LogP contribution is -2.05. The number of hydrogen-bond acceptors (Lipinski definition) is 0. The van der Waals surface area contributed by atoms with E-state index >= 15 is 0 Å². The molecular formula is C27H21P. The molecule has 0 saturated heterocycles. The summed E-state index contributed by atoms with van der Waals surface area (Å²) in [6.07, 6.45) is 14.4. The van der Waals surface area contributed by atoms with Crippen LogP contribution in [0.2, 0.25) is 0 Å².